The fourth-order valence-corrected chi connectivity index (χ4v) is 4.11. The quantitative estimate of drug-likeness (QED) is 0.675. The third-order valence-corrected chi connectivity index (χ3v) is 5.70. The van der Waals surface area contributed by atoms with Crippen LogP contribution in [0, 0.1) is 0 Å². The van der Waals surface area contributed by atoms with E-state index >= 15 is 0 Å². The first-order chi connectivity index (χ1) is 11.6. The summed E-state index contributed by atoms with van der Waals surface area (Å²) in [5.41, 5.74) is 1.36. The van der Waals surface area contributed by atoms with E-state index < -0.39 is 10.0 Å². The second-order valence-corrected chi connectivity index (χ2v) is 7.47. The molecule has 3 rings (SSSR count). The van der Waals surface area contributed by atoms with Crippen molar-refractivity contribution < 1.29 is 8.42 Å². The molecule has 2 aromatic heterocycles. The van der Waals surface area contributed by atoms with Gasteiger partial charge in [0.25, 0.3) is 0 Å². The van der Waals surface area contributed by atoms with E-state index in [2.05, 4.69) is 35.7 Å². The summed E-state index contributed by atoms with van der Waals surface area (Å²) < 4.78 is 29.3. The number of benzene rings is 1. The zero-order valence-electron chi connectivity index (χ0n) is 12.5. The highest BCUT2D eigenvalue weighted by Gasteiger charge is 2.16. The maximum atomic E-state index is 12.3. The summed E-state index contributed by atoms with van der Waals surface area (Å²) in [7, 11) is -3.57. The van der Waals surface area contributed by atoms with Crippen LogP contribution in [0.5, 0.6) is 0 Å². The highest BCUT2D eigenvalue weighted by molar-refractivity contribution is 9.10. The highest BCUT2D eigenvalue weighted by Crippen LogP contribution is 2.20. The Morgan fingerprint density at radius 1 is 1.12 bits per heavy atom. The van der Waals surface area contributed by atoms with E-state index in [9.17, 15) is 8.42 Å². The Kier molecular flexibility index (Phi) is 5.03. The molecule has 0 unspecified atom stereocenters. The van der Waals surface area contributed by atoms with E-state index in [4.69, 9.17) is 0 Å². The minimum atomic E-state index is -3.57. The minimum Gasteiger partial charge on any atom is -0.271 e. The van der Waals surface area contributed by atoms with Crippen LogP contribution in [0.25, 0.3) is 11.4 Å². The second kappa shape index (κ2) is 7.20. The average molecular weight is 408 g/mol. The first kappa shape index (κ1) is 16.7. The standard InChI is InChI=1S/C15H14BrN5O2S/c16-12-3-1-2-4-15(12)24(22,23)19-8-10-21-9-5-13(20-21)14-11-17-6-7-18-14/h1-7,9,11,19H,8,10H2. The van der Waals surface area contributed by atoms with Gasteiger partial charge in [-0.25, -0.2) is 13.1 Å². The molecule has 0 saturated heterocycles. The lowest BCUT2D eigenvalue weighted by molar-refractivity contribution is 0.561. The van der Waals surface area contributed by atoms with E-state index in [1.54, 1.807) is 53.7 Å². The van der Waals surface area contributed by atoms with Gasteiger partial charge in [0.05, 0.1) is 17.6 Å². The van der Waals surface area contributed by atoms with E-state index in [-0.39, 0.29) is 11.4 Å². The molecule has 0 radical (unpaired) electrons. The lowest BCUT2D eigenvalue weighted by Crippen LogP contribution is -2.27. The number of sulfonamides is 1. The Balaban J connectivity index is 1.63. The lowest BCUT2D eigenvalue weighted by Gasteiger charge is -2.08. The molecule has 2 heterocycles. The Bertz CT molecular complexity index is 928. The molecule has 0 aliphatic rings. The Labute approximate surface area is 148 Å². The summed E-state index contributed by atoms with van der Waals surface area (Å²) in [5, 5.41) is 4.36. The van der Waals surface area contributed by atoms with Crippen molar-refractivity contribution in [2.24, 2.45) is 0 Å². The highest BCUT2D eigenvalue weighted by atomic mass is 79.9. The summed E-state index contributed by atoms with van der Waals surface area (Å²) in [6.07, 6.45) is 6.59. The molecule has 7 nitrogen and oxygen atoms in total. The van der Waals surface area contributed by atoms with E-state index in [0.717, 1.165) is 0 Å². The van der Waals surface area contributed by atoms with Crippen molar-refractivity contribution in [2.45, 2.75) is 11.4 Å². The maximum absolute atomic E-state index is 12.3. The average Bonchev–Trinajstić information content (AvgIpc) is 3.05. The van der Waals surface area contributed by atoms with Crippen LogP contribution in [0.4, 0.5) is 0 Å². The second-order valence-electron chi connectivity index (χ2n) is 4.88. The molecule has 0 amide bonds. The third kappa shape index (κ3) is 3.86. The fraction of sp³-hybridized carbons (Fsp3) is 0.133. The number of aromatic nitrogens is 4. The van der Waals surface area contributed by atoms with Gasteiger partial charge in [-0.2, -0.15) is 5.10 Å². The van der Waals surface area contributed by atoms with Crippen molar-refractivity contribution >= 4 is 26.0 Å². The fourth-order valence-electron chi connectivity index (χ4n) is 2.09. The van der Waals surface area contributed by atoms with Crippen LogP contribution in [0.15, 0.2) is 64.5 Å². The molecule has 0 saturated carbocycles. The molecule has 1 aromatic carbocycles. The van der Waals surface area contributed by atoms with Crippen molar-refractivity contribution in [1.29, 1.82) is 0 Å². The lowest BCUT2D eigenvalue weighted by atomic mass is 10.3. The summed E-state index contributed by atoms with van der Waals surface area (Å²) in [6.45, 7) is 0.634. The van der Waals surface area contributed by atoms with Gasteiger partial charge in [0.1, 0.15) is 11.4 Å². The molecule has 124 valence electrons. The summed E-state index contributed by atoms with van der Waals surface area (Å²) in [4.78, 5) is 8.39. The number of nitrogens with one attached hydrogen (secondary N) is 1. The van der Waals surface area contributed by atoms with Crippen LogP contribution in [-0.4, -0.2) is 34.7 Å². The van der Waals surface area contributed by atoms with Gasteiger partial charge in [0.15, 0.2) is 0 Å². The van der Waals surface area contributed by atoms with Crippen LogP contribution in [0.2, 0.25) is 0 Å². The first-order valence-corrected chi connectivity index (χ1v) is 9.38. The number of nitrogens with zero attached hydrogens (tertiary/aromatic N) is 4. The van der Waals surface area contributed by atoms with Gasteiger partial charge in [-0.3, -0.25) is 14.6 Å². The Hall–Kier alpha value is -2.10. The molecule has 0 aliphatic heterocycles. The molecule has 0 atom stereocenters. The maximum Gasteiger partial charge on any atom is 0.241 e. The van der Waals surface area contributed by atoms with Crippen molar-refractivity contribution in [3.8, 4) is 11.4 Å². The van der Waals surface area contributed by atoms with E-state index in [1.165, 1.54) is 0 Å². The number of hydrogen-bond donors (Lipinski definition) is 1. The molecular weight excluding hydrogens is 394 g/mol. The van der Waals surface area contributed by atoms with Gasteiger partial charge in [-0.15, -0.1) is 0 Å². The minimum absolute atomic E-state index is 0.214. The summed E-state index contributed by atoms with van der Waals surface area (Å²) in [5.74, 6) is 0. The molecular formula is C15H14BrN5O2S. The van der Waals surface area contributed by atoms with Crippen LogP contribution in [0.3, 0.4) is 0 Å². The van der Waals surface area contributed by atoms with Gasteiger partial charge >= 0.3 is 0 Å². The predicted octanol–water partition coefficient (Wildman–Crippen LogP) is 2.08. The van der Waals surface area contributed by atoms with Crippen molar-refractivity contribution in [1.82, 2.24) is 24.5 Å². The molecule has 0 fully saturated rings. The molecule has 0 aliphatic carbocycles. The molecule has 0 bridgehead atoms. The smallest absolute Gasteiger partial charge is 0.241 e. The third-order valence-electron chi connectivity index (χ3n) is 3.23. The SMILES string of the molecule is O=S(=O)(NCCn1ccc(-c2cnccn2)n1)c1ccccc1Br. The van der Waals surface area contributed by atoms with E-state index in [1.807, 2.05) is 6.07 Å². The Morgan fingerprint density at radius 3 is 2.71 bits per heavy atom. The van der Waals surface area contributed by atoms with Gasteiger partial charge in [0, 0.05) is 29.6 Å². The van der Waals surface area contributed by atoms with E-state index in [0.29, 0.717) is 22.4 Å². The number of halogens is 1. The van der Waals surface area contributed by atoms with Crippen LogP contribution >= 0.6 is 15.9 Å². The van der Waals surface area contributed by atoms with Crippen molar-refractivity contribution in [3.63, 3.8) is 0 Å². The molecule has 1 N–H and O–H groups in total. The Morgan fingerprint density at radius 2 is 1.96 bits per heavy atom. The molecule has 3 aromatic rings. The van der Waals surface area contributed by atoms with Gasteiger partial charge in [-0.1, -0.05) is 12.1 Å². The predicted molar refractivity (Wildman–Crippen MR) is 92.6 cm³/mol. The van der Waals surface area contributed by atoms with Crippen LogP contribution < -0.4 is 4.72 Å². The largest absolute Gasteiger partial charge is 0.271 e. The zero-order chi connectivity index (χ0) is 17.0. The summed E-state index contributed by atoms with van der Waals surface area (Å²) in [6, 6.07) is 8.49. The van der Waals surface area contributed by atoms with Gasteiger partial charge in [0.2, 0.25) is 10.0 Å². The molecule has 0 spiro atoms. The zero-order valence-corrected chi connectivity index (χ0v) is 14.9. The molecule has 9 heteroatoms. The topological polar surface area (TPSA) is 89.8 Å². The van der Waals surface area contributed by atoms with Crippen molar-refractivity contribution in [3.05, 3.63) is 59.6 Å². The number of hydrogen-bond acceptors (Lipinski definition) is 5. The van der Waals surface area contributed by atoms with Crippen LogP contribution in [-0.2, 0) is 16.6 Å². The van der Waals surface area contributed by atoms with Gasteiger partial charge < -0.3 is 0 Å². The normalized spacial score (nSPS) is 11.5. The first-order valence-electron chi connectivity index (χ1n) is 7.10. The van der Waals surface area contributed by atoms with Crippen LogP contribution in [0.1, 0.15) is 0 Å². The van der Waals surface area contributed by atoms with Gasteiger partial charge in [-0.05, 0) is 34.1 Å². The monoisotopic (exact) mass is 407 g/mol. The molecule has 24 heavy (non-hydrogen) atoms. The summed E-state index contributed by atoms with van der Waals surface area (Å²) >= 11 is 3.25. The van der Waals surface area contributed by atoms with Crippen molar-refractivity contribution in [2.75, 3.05) is 6.54 Å². The number of rotatable bonds is 6.